The van der Waals surface area contributed by atoms with Crippen LogP contribution in [0.2, 0.25) is 0 Å². The fraction of sp³-hybridized carbons (Fsp3) is 0. The van der Waals surface area contributed by atoms with Crippen molar-refractivity contribution in [2.75, 3.05) is 4.90 Å². The molecule has 1 saturated heterocycles. The fourth-order valence-electron chi connectivity index (χ4n) is 2.06. The van der Waals surface area contributed by atoms with Crippen LogP contribution in [0.5, 0.6) is 11.5 Å². The van der Waals surface area contributed by atoms with Gasteiger partial charge in [-0.1, -0.05) is 46.0 Å². The number of carbonyl (C=O) groups is 1. The highest BCUT2D eigenvalue weighted by molar-refractivity contribution is 9.10. The minimum Gasteiger partial charge on any atom is -0.504 e. The van der Waals surface area contributed by atoms with E-state index in [1.807, 2.05) is 24.3 Å². The Morgan fingerprint density at radius 1 is 1.09 bits per heavy atom. The van der Waals surface area contributed by atoms with Crippen molar-refractivity contribution in [3.05, 3.63) is 57.4 Å². The van der Waals surface area contributed by atoms with Gasteiger partial charge in [-0.25, -0.2) is 0 Å². The van der Waals surface area contributed by atoms with E-state index in [1.165, 1.54) is 28.8 Å². The molecule has 23 heavy (non-hydrogen) atoms. The van der Waals surface area contributed by atoms with Crippen LogP contribution < -0.4 is 4.90 Å². The molecule has 1 aliphatic heterocycles. The van der Waals surface area contributed by atoms with Crippen LogP contribution in [0.3, 0.4) is 0 Å². The van der Waals surface area contributed by atoms with E-state index < -0.39 is 0 Å². The van der Waals surface area contributed by atoms with Crippen LogP contribution >= 0.6 is 39.9 Å². The first-order valence-electron chi connectivity index (χ1n) is 6.51. The highest BCUT2D eigenvalue weighted by Gasteiger charge is 2.33. The van der Waals surface area contributed by atoms with E-state index in [-0.39, 0.29) is 17.4 Å². The summed E-state index contributed by atoms with van der Waals surface area (Å²) in [5.74, 6) is -0.651. The van der Waals surface area contributed by atoms with Crippen molar-refractivity contribution in [3.8, 4) is 11.5 Å². The molecule has 1 fully saturated rings. The van der Waals surface area contributed by atoms with E-state index in [1.54, 1.807) is 12.1 Å². The molecule has 0 bridgehead atoms. The van der Waals surface area contributed by atoms with Gasteiger partial charge in [0.05, 0.1) is 10.6 Å². The number of phenolic OH excluding ortho intramolecular Hbond substituents is 2. The number of phenols is 2. The number of hydrogen-bond donors (Lipinski definition) is 2. The van der Waals surface area contributed by atoms with Crippen molar-refractivity contribution in [2.45, 2.75) is 0 Å². The molecule has 2 aromatic rings. The number of halogens is 1. The third-order valence-electron chi connectivity index (χ3n) is 3.18. The van der Waals surface area contributed by atoms with Gasteiger partial charge in [0.1, 0.15) is 0 Å². The van der Waals surface area contributed by atoms with Crippen LogP contribution in [0, 0.1) is 0 Å². The van der Waals surface area contributed by atoms with Crippen molar-refractivity contribution in [2.24, 2.45) is 0 Å². The third kappa shape index (κ3) is 3.26. The molecule has 1 amide bonds. The molecule has 7 heteroatoms. The van der Waals surface area contributed by atoms with Crippen LogP contribution in [-0.2, 0) is 4.79 Å². The second-order valence-corrected chi connectivity index (χ2v) is 7.33. The standard InChI is InChI=1S/C16H10BrNO3S2/c17-10-2-4-11(5-3-10)18-15(21)14(23-16(18)22)8-9-1-6-12(19)13(20)7-9/h1-8,19-20H. The number of rotatable bonds is 2. The van der Waals surface area contributed by atoms with Gasteiger partial charge in [0.25, 0.3) is 5.91 Å². The molecule has 0 radical (unpaired) electrons. The zero-order valence-corrected chi connectivity index (χ0v) is 14.8. The summed E-state index contributed by atoms with van der Waals surface area (Å²) in [6.07, 6.45) is 1.64. The highest BCUT2D eigenvalue weighted by atomic mass is 79.9. The van der Waals surface area contributed by atoms with E-state index in [0.29, 0.717) is 20.5 Å². The van der Waals surface area contributed by atoms with E-state index in [2.05, 4.69) is 15.9 Å². The third-order valence-corrected chi connectivity index (χ3v) is 5.01. The molecule has 116 valence electrons. The second-order valence-electron chi connectivity index (χ2n) is 4.74. The minimum atomic E-state index is -0.234. The lowest BCUT2D eigenvalue weighted by molar-refractivity contribution is -0.113. The first-order chi connectivity index (χ1) is 11.0. The average Bonchev–Trinajstić information content (AvgIpc) is 2.79. The predicted octanol–water partition coefficient (Wildman–Crippen LogP) is 4.27. The lowest BCUT2D eigenvalue weighted by Gasteiger charge is -2.14. The second kappa shape index (κ2) is 6.35. The SMILES string of the molecule is O=C1C(=Cc2ccc(O)c(O)c2)SC(=S)N1c1ccc(Br)cc1. The Morgan fingerprint density at radius 2 is 1.78 bits per heavy atom. The van der Waals surface area contributed by atoms with Gasteiger partial charge in [-0.2, -0.15) is 0 Å². The zero-order valence-electron chi connectivity index (χ0n) is 11.6. The Kier molecular flexibility index (Phi) is 4.43. The minimum absolute atomic E-state index is 0.204. The topological polar surface area (TPSA) is 60.8 Å². The van der Waals surface area contributed by atoms with Gasteiger partial charge in [0, 0.05) is 4.47 Å². The number of thiocarbonyl (C=S) groups is 1. The summed E-state index contributed by atoms with van der Waals surface area (Å²) in [6, 6.07) is 11.7. The molecule has 3 rings (SSSR count). The number of carbonyl (C=O) groups excluding carboxylic acids is 1. The molecule has 0 spiro atoms. The van der Waals surface area contributed by atoms with Crippen molar-refractivity contribution in [1.29, 1.82) is 0 Å². The van der Waals surface area contributed by atoms with Gasteiger partial charge in [-0.3, -0.25) is 9.69 Å². The van der Waals surface area contributed by atoms with Crippen molar-refractivity contribution in [3.63, 3.8) is 0 Å². The number of hydrogen-bond acceptors (Lipinski definition) is 5. The molecule has 0 unspecified atom stereocenters. The smallest absolute Gasteiger partial charge is 0.270 e. The van der Waals surface area contributed by atoms with E-state index in [0.717, 1.165) is 4.47 Å². The average molecular weight is 408 g/mol. The first kappa shape index (κ1) is 16.0. The molecule has 1 aliphatic rings. The largest absolute Gasteiger partial charge is 0.504 e. The normalized spacial score (nSPS) is 16.4. The van der Waals surface area contributed by atoms with Crippen LogP contribution in [0.25, 0.3) is 6.08 Å². The number of anilines is 1. The summed E-state index contributed by atoms with van der Waals surface area (Å²) in [4.78, 5) is 14.5. The molecular formula is C16H10BrNO3S2. The van der Waals surface area contributed by atoms with Crippen LogP contribution in [0.15, 0.2) is 51.8 Å². The number of nitrogens with zero attached hydrogens (tertiary/aromatic N) is 1. The quantitative estimate of drug-likeness (QED) is 0.442. The Labute approximate surface area is 150 Å². The maximum Gasteiger partial charge on any atom is 0.270 e. The summed E-state index contributed by atoms with van der Waals surface area (Å²) < 4.78 is 1.37. The van der Waals surface area contributed by atoms with Crippen molar-refractivity contribution < 1.29 is 15.0 Å². The lowest BCUT2D eigenvalue weighted by Crippen LogP contribution is -2.27. The van der Waals surface area contributed by atoms with E-state index in [4.69, 9.17) is 12.2 Å². The fourth-order valence-corrected chi connectivity index (χ4v) is 3.63. The highest BCUT2D eigenvalue weighted by Crippen LogP contribution is 2.37. The first-order valence-corrected chi connectivity index (χ1v) is 8.53. The Bertz CT molecular complexity index is 834. The van der Waals surface area contributed by atoms with Crippen LogP contribution in [0.4, 0.5) is 5.69 Å². The van der Waals surface area contributed by atoms with Crippen LogP contribution in [-0.4, -0.2) is 20.4 Å². The molecule has 1 heterocycles. The number of benzene rings is 2. The van der Waals surface area contributed by atoms with Gasteiger partial charge in [0.15, 0.2) is 15.8 Å². The van der Waals surface area contributed by atoms with Crippen molar-refractivity contribution >= 4 is 61.9 Å². The number of thioether (sulfide) groups is 1. The zero-order chi connectivity index (χ0) is 16.6. The lowest BCUT2D eigenvalue weighted by atomic mass is 10.2. The van der Waals surface area contributed by atoms with Gasteiger partial charge in [-0.15, -0.1) is 0 Å². The molecule has 2 N–H and O–H groups in total. The maximum atomic E-state index is 12.6. The molecule has 2 aromatic carbocycles. The molecule has 0 aliphatic carbocycles. The summed E-state index contributed by atoms with van der Waals surface area (Å²) in [5, 5.41) is 18.9. The van der Waals surface area contributed by atoms with E-state index >= 15 is 0 Å². The Balaban J connectivity index is 1.92. The Hall–Kier alpha value is -1.83. The molecule has 0 atom stereocenters. The summed E-state index contributed by atoms with van der Waals surface area (Å²) in [7, 11) is 0. The van der Waals surface area contributed by atoms with Crippen molar-refractivity contribution in [1.82, 2.24) is 0 Å². The van der Waals surface area contributed by atoms with Gasteiger partial charge < -0.3 is 10.2 Å². The van der Waals surface area contributed by atoms with Gasteiger partial charge >= 0.3 is 0 Å². The van der Waals surface area contributed by atoms with Gasteiger partial charge in [0.2, 0.25) is 0 Å². The Morgan fingerprint density at radius 3 is 2.43 bits per heavy atom. The number of aromatic hydroxyl groups is 2. The maximum absolute atomic E-state index is 12.6. The molecule has 4 nitrogen and oxygen atoms in total. The molecule has 0 aromatic heterocycles. The predicted molar refractivity (Wildman–Crippen MR) is 99.6 cm³/mol. The van der Waals surface area contributed by atoms with Gasteiger partial charge in [-0.05, 0) is 48.0 Å². The molecule has 0 saturated carbocycles. The monoisotopic (exact) mass is 407 g/mol. The van der Waals surface area contributed by atoms with Crippen LogP contribution in [0.1, 0.15) is 5.56 Å². The summed E-state index contributed by atoms with van der Waals surface area (Å²) >= 11 is 9.85. The summed E-state index contributed by atoms with van der Waals surface area (Å²) in [5.41, 5.74) is 1.31. The summed E-state index contributed by atoms with van der Waals surface area (Å²) in [6.45, 7) is 0. The number of amides is 1. The molecular weight excluding hydrogens is 398 g/mol. The van der Waals surface area contributed by atoms with E-state index in [9.17, 15) is 15.0 Å².